The third kappa shape index (κ3) is 3.17. The van der Waals surface area contributed by atoms with Crippen molar-refractivity contribution in [3.63, 3.8) is 0 Å². The van der Waals surface area contributed by atoms with Crippen LogP contribution in [0.5, 0.6) is 5.75 Å². The van der Waals surface area contributed by atoms with Gasteiger partial charge in [-0.3, -0.25) is 0 Å². The van der Waals surface area contributed by atoms with Gasteiger partial charge in [0.1, 0.15) is 5.75 Å². The molecule has 0 spiro atoms. The van der Waals surface area contributed by atoms with E-state index in [1.807, 2.05) is 12.1 Å². The van der Waals surface area contributed by atoms with Gasteiger partial charge in [-0.2, -0.15) is 0 Å². The Labute approximate surface area is 112 Å². The molecule has 0 aliphatic heterocycles. The van der Waals surface area contributed by atoms with E-state index in [0.29, 0.717) is 0 Å². The predicted molar refractivity (Wildman–Crippen MR) is 80.4 cm³/mol. The monoisotopic (exact) mass is 268 g/mol. The second-order valence-electron chi connectivity index (χ2n) is 6.77. The number of hydrogen-bond acceptors (Lipinski definition) is 2. The lowest BCUT2D eigenvalue weighted by Gasteiger charge is -2.29. The van der Waals surface area contributed by atoms with Crippen LogP contribution in [-0.4, -0.2) is 7.11 Å². The van der Waals surface area contributed by atoms with Gasteiger partial charge in [0.2, 0.25) is 0 Å². The molecule has 2 nitrogen and oxygen atoms in total. The minimum Gasteiger partial charge on any atom is -0.496 e. The number of hydrogen-bond donors (Lipinski definition) is 0. The lowest BCUT2D eigenvalue weighted by atomic mass is 9.79. The van der Waals surface area contributed by atoms with E-state index in [1.54, 1.807) is 7.11 Å². The van der Waals surface area contributed by atoms with Crippen LogP contribution >= 0.6 is 8.46 Å². The van der Waals surface area contributed by atoms with Crippen molar-refractivity contribution in [1.29, 1.82) is 0 Å². The van der Waals surface area contributed by atoms with Crippen molar-refractivity contribution in [1.82, 2.24) is 0 Å². The molecule has 0 aliphatic carbocycles. The maximum atomic E-state index is 11.3. The van der Waals surface area contributed by atoms with Gasteiger partial charge in [-0.05, 0) is 23.0 Å². The Morgan fingerprint density at radius 2 is 1.33 bits per heavy atom. The van der Waals surface area contributed by atoms with Crippen LogP contribution in [0.3, 0.4) is 0 Å². The molecule has 1 aromatic rings. The minimum absolute atomic E-state index is 0.0179. The van der Waals surface area contributed by atoms with Crippen molar-refractivity contribution in [2.75, 3.05) is 7.11 Å². The first-order chi connectivity index (χ1) is 8.11. The van der Waals surface area contributed by atoms with Crippen LogP contribution in [-0.2, 0) is 15.4 Å². The van der Waals surface area contributed by atoms with Gasteiger partial charge in [-0.15, -0.1) is 0 Å². The van der Waals surface area contributed by atoms with Crippen molar-refractivity contribution < 1.29 is 9.30 Å². The summed E-state index contributed by atoms with van der Waals surface area (Å²) >= 11 is 0. The van der Waals surface area contributed by atoms with Gasteiger partial charge in [0.15, 0.2) is 0 Å². The molecule has 0 heterocycles. The SMILES string of the molecule is COc1c(C(C)(C)C)cc([PH2]=O)cc1C(C)(C)C. The molecular formula is C15H25O2P. The maximum absolute atomic E-state index is 11.3. The predicted octanol–water partition coefficient (Wildman–Crippen LogP) is 3.67. The molecule has 1 atom stereocenters. The fraction of sp³-hybridized carbons (Fsp3) is 0.600. The highest BCUT2D eigenvalue weighted by atomic mass is 31.1. The Bertz CT molecular complexity index is 416. The summed E-state index contributed by atoms with van der Waals surface area (Å²) in [5.41, 5.74) is 2.23. The number of ether oxygens (including phenoxy) is 1. The van der Waals surface area contributed by atoms with Gasteiger partial charge >= 0.3 is 0 Å². The Hall–Kier alpha value is -0.750. The lowest BCUT2D eigenvalue weighted by Crippen LogP contribution is -2.21. The third-order valence-electron chi connectivity index (χ3n) is 3.07. The van der Waals surface area contributed by atoms with E-state index in [1.165, 1.54) is 0 Å². The average Bonchev–Trinajstić information content (AvgIpc) is 2.24. The van der Waals surface area contributed by atoms with Gasteiger partial charge in [0.05, 0.1) is 15.6 Å². The zero-order chi connectivity index (χ0) is 14.1. The molecular weight excluding hydrogens is 243 g/mol. The van der Waals surface area contributed by atoms with Gasteiger partial charge in [0.25, 0.3) is 0 Å². The van der Waals surface area contributed by atoms with E-state index in [4.69, 9.17) is 4.74 Å². The van der Waals surface area contributed by atoms with Crippen molar-refractivity contribution >= 4 is 13.8 Å². The van der Waals surface area contributed by atoms with Crippen LogP contribution in [0.25, 0.3) is 0 Å². The zero-order valence-electron chi connectivity index (χ0n) is 12.5. The molecule has 1 unspecified atom stereocenters. The van der Waals surface area contributed by atoms with E-state index < -0.39 is 8.46 Å². The first kappa shape index (κ1) is 15.3. The summed E-state index contributed by atoms with van der Waals surface area (Å²) in [6.45, 7) is 12.9. The second kappa shape index (κ2) is 5.09. The minimum atomic E-state index is -0.912. The standard InChI is InChI=1S/C15H25O2P/c1-14(2,3)11-8-10(18-16)9-12(13(11)17-7)15(4,5)6/h8-9H,18H2,1-7H3. The quantitative estimate of drug-likeness (QED) is 0.765. The van der Waals surface area contributed by atoms with E-state index in [9.17, 15) is 4.57 Å². The molecule has 0 bridgehead atoms. The summed E-state index contributed by atoms with van der Waals surface area (Å²) in [7, 11) is 0.800. The Morgan fingerprint density at radius 1 is 0.944 bits per heavy atom. The first-order valence-electron chi connectivity index (χ1n) is 6.29. The summed E-state index contributed by atoms with van der Waals surface area (Å²) in [4.78, 5) is 0. The van der Waals surface area contributed by atoms with Crippen LogP contribution in [0.1, 0.15) is 52.7 Å². The van der Waals surface area contributed by atoms with Crippen molar-refractivity contribution in [3.05, 3.63) is 23.3 Å². The normalized spacial score (nSPS) is 13.3. The molecule has 0 saturated heterocycles. The highest BCUT2D eigenvalue weighted by Crippen LogP contribution is 2.39. The van der Waals surface area contributed by atoms with E-state index in [2.05, 4.69) is 41.5 Å². The highest BCUT2D eigenvalue weighted by Gasteiger charge is 2.27. The van der Waals surface area contributed by atoms with Crippen molar-refractivity contribution in [2.45, 2.75) is 52.4 Å². The molecule has 18 heavy (non-hydrogen) atoms. The molecule has 0 N–H and O–H groups in total. The molecule has 3 heteroatoms. The Kier molecular flexibility index (Phi) is 4.33. The molecule has 1 aromatic carbocycles. The number of methoxy groups -OCH3 is 1. The van der Waals surface area contributed by atoms with E-state index in [-0.39, 0.29) is 10.8 Å². The topological polar surface area (TPSA) is 26.3 Å². The molecule has 0 fully saturated rings. The summed E-state index contributed by atoms with van der Waals surface area (Å²) in [6.07, 6.45) is 0. The fourth-order valence-electron chi connectivity index (χ4n) is 2.05. The lowest BCUT2D eigenvalue weighted by molar-refractivity contribution is 0.382. The molecule has 0 radical (unpaired) electrons. The van der Waals surface area contributed by atoms with Crippen LogP contribution in [0.2, 0.25) is 0 Å². The largest absolute Gasteiger partial charge is 0.496 e. The summed E-state index contributed by atoms with van der Waals surface area (Å²) in [5, 5.41) is 0.922. The number of benzene rings is 1. The maximum Gasteiger partial charge on any atom is 0.126 e. The van der Waals surface area contributed by atoms with E-state index in [0.717, 1.165) is 22.2 Å². The van der Waals surface area contributed by atoms with E-state index >= 15 is 0 Å². The Balaban J connectivity index is 3.66. The third-order valence-corrected chi connectivity index (χ3v) is 3.67. The molecule has 0 saturated carbocycles. The smallest absolute Gasteiger partial charge is 0.126 e. The second-order valence-corrected chi connectivity index (χ2v) is 7.67. The fourth-order valence-corrected chi connectivity index (χ4v) is 2.52. The number of rotatable bonds is 2. The molecule has 0 amide bonds. The average molecular weight is 268 g/mol. The van der Waals surface area contributed by atoms with Gasteiger partial charge in [-0.1, -0.05) is 41.5 Å². The van der Waals surface area contributed by atoms with Crippen molar-refractivity contribution in [3.8, 4) is 5.75 Å². The molecule has 0 aliphatic rings. The molecule has 1 rings (SSSR count). The van der Waals surface area contributed by atoms with Crippen LogP contribution in [0.4, 0.5) is 0 Å². The van der Waals surface area contributed by atoms with Gasteiger partial charge in [0, 0.05) is 16.4 Å². The highest BCUT2D eigenvalue weighted by molar-refractivity contribution is 7.34. The summed E-state index contributed by atoms with van der Waals surface area (Å²) < 4.78 is 17.0. The van der Waals surface area contributed by atoms with Gasteiger partial charge < -0.3 is 9.30 Å². The van der Waals surface area contributed by atoms with Crippen LogP contribution in [0, 0.1) is 0 Å². The van der Waals surface area contributed by atoms with Crippen molar-refractivity contribution in [2.24, 2.45) is 0 Å². The molecule has 0 aromatic heterocycles. The first-order valence-corrected chi connectivity index (χ1v) is 7.34. The summed E-state index contributed by atoms with van der Waals surface area (Å²) in [6, 6.07) is 4.05. The Morgan fingerprint density at radius 3 is 1.56 bits per heavy atom. The molecule has 102 valence electrons. The zero-order valence-corrected chi connectivity index (χ0v) is 13.7. The van der Waals surface area contributed by atoms with Crippen LogP contribution < -0.4 is 10.0 Å². The van der Waals surface area contributed by atoms with Crippen LogP contribution in [0.15, 0.2) is 12.1 Å². The summed E-state index contributed by atoms with van der Waals surface area (Å²) in [5.74, 6) is 0.937. The van der Waals surface area contributed by atoms with Gasteiger partial charge in [-0.25, -0.2) is 0 Å².